The third kappa shape index (κ3) is 3.46. The number of rotatable bonds is 4. The number of ether oxygens (including phenoxy) is 1. The fourth-order valence-corrected chi connectivity index (χ4v) is 3.87. The van der Waals surface area contributed by atoms with Crippen LogP contribution in [0.5, 0.6) is 5.75 Å². The molecule has 154 valence electrons. The maximum absolute atomic E-state index is 5.30. The summed E-state index contributed by atoms with van der Waals surface area (Å²) in [6.45, 7) is 4.63. The Bertz CT molecular complexity index is 1260. The van der Waals surface area contributed by atoms with Gasteiger partial charge in [-0.2, -0.15) is 5.10 Å². The van der Waals surface area contributed by atoms with Gasteiger partial charge < -0.3 is 4.74 Å². The summed E-state index contributed by atoms with van der Waals surface area (Å²) in [5.41, 5.74) is 6.34. The molecule has 0 atom stereocenters. The van der Waals surface area contributed by atoms with Gasteiger partial charge in [0.05, 0.1) is 19.3 Å². The summed E-state index contributed by atoms with van der Waals surface area (Å²) in [6, 6.07) is 24.7. The van der Waals surface area contributed by atoms with Gasteiger partial charge in [0.15, 0.2) is 0 Å². The number of fused-ring (bicyclic) bond motifs is 3. The SMILES string of the molecule is COc1ccc(CN2N=C(c3ccccc3)c3ccc(C)cc3-n3c(C)nnc32)cc1. The van der Waals surface area contributed by atoms with Crippen molar-refractivity contribution in [3.05, 3.63) is 101 Å². The highest BCUT2D eigenvalue weighted by molar-refractivity contribution is 6.15. The van der Waals surface area contributed by atoms with Crippen LogP contribution in [0.1, 0.15) is 28.1 Å². The second-order valence-electron chi connectivity index (χ2n) is 7.62. The first-order chi connectivity index (χ1) is 15.1. The van der Waals surface area contributed by atoms with Crippen LogP contribution in [-0.4, -0.2) is 27.6 Å². The fraction of sp³-hybridized carbons (Fsp3) is 0.160. The second kappa shape index (κ2) is 7.72. The van der Waals surface area contributed by atoms with Crippen LogP contribution in [0.3, 0.4) is 0 Å². The summed E-state index contributed by atoms with van der Waals surface area (Å²) in [4.78, 5) is 0. The lowest BCUT2D eigenvalue weighted by atomic mass is 9.99. The second-order valence-corrected chi connectivity index (χ2v) is 7.62. The van der Waals surface area contributed by atoms with Gasteiger partial charge in [0, 0.05) is 11.1 Å². The van der Waals surface area contributed by atoms with Crippen LogP contribution in [-0.2, 0) is 6.54 Å². The average molecular weight is 409 g/mol. The van der Waals surface area contributed by atoms with Gasteiger partial charge in [-0.3, -0.25) is 4.57 Å². The third-order valence-electron chi connectivity index (χ3n) is 5.45. The molecule has 0 bridgehead atoms. The highest BCUT2D eigenvalue weighted by atomic mass is 16.5. The first-order valence-electron chi connectivity index (χ1n) is 10.2. The van der Waals surface area contributed by atoms with Gasteiger partial charge in [0.1, 0.15) is 17.3 Å². The summed E-state index contributed by atoms with van der Waals surface area (Å²) in [6.07, 6.45) is 0. The van der Waals surface area contributed by atoms with E-state index in [2.05, 4.69) is 52.0 Å². The van der Waals surface area contributed by atoms with E-state index in [1.165, 1.54) is 5.56 Å². The number of hydrazone groups is 1. The lowest BCUT2D eigenvalue weighted by Crippen LogP contribution is -2.20. The predicted molar refractivity (Wildman–Crippen MR) is 122 cm³/mol. The lowest BCUT2D eigenvalue weighted by molar-refractivity contribution is 0.414. The molecule has 0 spiro atoms. The van der Waals surface area contributed by atoms with Crippen molar-refractivity contribution < 1.29 is 4.74 Å². The van der Waals surface area contributed by atoms with E-state index in [0.29, 0.717) is 12.5 Å². The topological polar surface area (TPSA) is 55.5 Å². The summed E-state index contributed by atoms with van der Waals surface area (Å²) < 4.78 is 7.39. The summed E-state index contributed by atoms with van der Waals surface area (Å²) in [5.74, 6) is 2.35. The highest BCUT2D eigenvalue weighted by Crippen LogP contribution is 2.31. The van der Waals surface area contributed by atoms with Crippen molar-refractivity contribution in [1.82, 2.24) is 14.8 Å². The molecule has 6 nitrogen and oxygen atoms in total. The molecular weight excluding hydrogens is 386 g/mol. The van der Waals surface area contributed by atoms with Gasteiger partial charge >= 0.3 is 0 Å². The van der Waals surface area contributed by atoms with Crippen molar-refractivity contribution in [1.29, 1.82) is 0 Å². The van der Waals surface area contributed by atoms with Crippen molar-refractivity contribution in [2.75, 3.05) is 12.1 Å². The molecule has 0 amide bonds. The Morgan fingerprint density at radius 2 is 1.65 bits per heavy atom. The summed E-state index contributed by atoms with van der Waals surface area (Å²) >= 11 is 0. The highest BCUT2D eigenvalue weighted by Gasteiger charge is 2.26. The van der Waals surface area contributed by atoms with E-state index in [4.69, 9.17) is 9.84 Å². The van der Waals surface area contributed by atoms with E-state index in [1.807, 2.05) is 54.4 Å². The Morgan fingerprint density at radius 1 is 0.871 bits per heavy atom. The van der Waals surface area contributed by atoms with E-state index >= 15 is 0 Å². The van der Waals surface area contributed by atoms with Crippen LogP contribution in [0.25, 0.3) is 5.69 Å². The first kappa shape index (κ1) is 19.1. The number of aryl methyl sites for hydroxylation is 2. The molecule has 1 aliphatic rings. The largest absolute Gasteiger partial charge is 0.497 e. The maximum atomic E-state index is 5.30. The summed E-state index contributed by atoms with van der Waals surface area (Å²) in [7, 11) is 1.67. The summed E-state index contributed by atoms with van der Waals surface area (Å²) in [5, 5.41) is 15.9. The molecule has 0 radical (unpaired) electrons. The minimum absolute atomic E-state index is 0.561. The average Bonchev–Trinajstić information content (AvgIpc) is 3.13. The number of methoxy groups -OCH3 is 1. The van der Waals surface area contributed by atoms with Crippen LogP contribution in [0.4, 0.5) is 5.95 Å². The zero-order valence-electron chi connectivity index (χ0n) is 17.8. The van der Waals surface area contributed by atoms with Crippen LogP contribution in [0.15, 0.2) is 77.9 Å². The Balaban J connectivity index is 1.70. The minimum Gasteiger partial charge on any atom is -0.497 e. The standard InChI is InChI=1S/C25H23N5O/c1-17-9-14-22-23(15-17)30-18(2)26-27-25(30)29(16-19-10-12-21(31-3)13-11-19)28-24(22)20-7-5-4-6-8-20/h4-15H,16H2,1-3H3. The van der Waals surface area contributed by atoms with Crippen LogP contribution >= 0.6 is 0 Å². The Hall–Kier alpha value is -3.93. The lowest BCUT2D eigenvalue weighted by Gasteiger charge is -2.18. The van der Waals surface area contributed by atoms with E-state index in [-0.39, 0.29) is 0 Å². The van der Waals surface area contributed by atoms with E-state index in [0.717, 1.165) is 39.7 Å². The van der Waals surface area contributed by atoms with Gasteiger partial charge in [-0.05, 0) is 43.2 Å². The van der Waals surface area contributed by atoms with Gasteiger partial charge in [-0.15, -0.1) is 10.2 Å². The molecule has 3 aromatic carbocycles. The van der Waals surface area contributed by atoms with Crippen LogP contribution in [0.2, 0.25) is 0 Å². The number of aromatic nitrogens is 3. The molecule has 0 fully saturated rings. The molecule has 0 saturated heterocycles. The van der Waals surface area contributed by atoms with Crippen molar-refractivity contribution in [3.63, 3.8) is 0 Å². The van der Waals surface area contributed by atoms with E-state index in [1.54, 1.807) is 7.11 Å². The fourth-order valence-electron chi connectivity index (χ4n) is 3.87. The smallest absolute Gasteiger partial charge is 0.252 e. The molecule has 4 aromatic rings. The molecule has 0 aliphatic carbocycles. The number of nitrogens with zero attached hydrogens (tertiary/aromatic N) is 5. The third-order valence-corrected chi connectivity index (χ3v) is 5.45. The quantitative estimate of drug-likeness (QED) is 0.492. The van der Waals surface area contributed by atoms with Gasteiger partial charge in [0.2, 0.25) is 0 Å². The van der Waals surface area contributed by atoms with Crippen LogP contribution < -0.4 is 9.75 Å². The predicted octanol–water partition coefficient (Wildman–Crippen LogP) is 4.67. The van der Waals surface area contributed by atoms with E-state index < -0.39 is 0 Å². The number of anilines is 1. The van der Waals surface area contributed by atoms with Gasteiger partial charge in [-0.1, -0.05) is 54.6 Å². The molecule has 0 N–H and O–H groups in total. The minimum atomic E-state index is 0.561. The van der Waals surface area contributed by atoms with Gasteiger partial charge in [0.25, 0.3) is 5.95 Å². The first-order valence-corrected chi connectivity index (χ1v) is 10.2. The zero-order valence-corrected chi connectivity index (χ0v) is 17.8. The van der Waals surface area contributed by atoms with Crippen molar-refractivity contribution in [3.8, 4) is 11.4 Å². The Kier molecular flexibility index (Phi) is 4.75. The van der Waals surface area contributed by atoms with Crippen molar-refractivity contribution in [2.24, 2.45) is 5.10 Å². The molecule has 0 unspecified atom stereocenters. The Morgan fingerprint density at radius 3 is 2.39 bits per heavy atom. The normalized spacial score (nSPS) is 12.6. The van der Waals surface area contributed by atoms with Gasteiger partial charge in [-0.25, -0.2) is 5.01 Å². The number of benzene rings is 3. The molecule has 2 heterocycles. The molecule has 0 saturated carbocycles. The molecule has 6 heteroatoms. The number of hydrogen-bond donors (Lipinski definition) is 0. The molecule has 1 aliphatic heterocycles. The molecule has 31 heavy (non-hydrogen) atoms. The van der Waals surface area contributed by atoms with Crippen molar-refractivity contribution >= 4 is 11.7 Å². The number of hydrogen-bond acceptors (Lipinski definition) is 5. The Labute approximate surface area is 181 Å². The molecular formula is C25H23N5O. The van der Waals surface area contributed by atoms with Crippen LogP contribution in [0, 0.1) is 13.8 Å². The monoisotopic (exact) mass is 409 g/mol. The molecule has 5 rings (SSSR count). The van der Waals surface area contributed by atoms with E-state index in [9.17, 15) is 0 Å². The zero-order chi connectivity index (χ0) is 21.4. The maximum Gasteiger partial charge on any atom is 0.252 e. The molecule has 1 aromatic heterocycles. The van der Waals surface area contributed by atoms with Crippen molar-refractivity contribution in [2.45, 2.75) is 20.4 Å².